The lowest BCUT2D eigenvalue weighted by atomic mass is 9.75. The molecule has 5 aromatic rings. The van der Waals surface area contributed by atoms with Crippen molar-refractivity contribution in [2.45, 2.75) is 91.7 Å². The number of pyridine rings is 1. The fourth-order valence-electron chi connectivity index (χ4n) is 9.93. The Hall–Kier alpha value is -4.54. The summed E-state index contributed by atoms with van der Waals surface area (Å²) in [5, 5.41) is 23.5. The van der Waals surface area contributed by atoms with Crippen LogP contribution in [0.3, 0.4) is 0 Å². The van der Waals surface area contributed by atoms with Gasteiger partial charge < -0.3 is 35.3 Å². The van der Waals surface area contributed by atoms with E-state index in [9.17, 15) is 32.2 Å². The molecule has 5 aliphatic rings. The zero-order chi connectivity index (χ0) is 57.9. The van der Waals surface area contributed by atoms with Crippen LogP contribution >= 0.6 is 69.3 Å². The number of aliphatic hydroxyl groups excluding tert-OH is 2. The largest absolute Gasteiger partial charge is 0.497 e. The molecule has 6 atom stereocenters. The number of thioether (sulfide) groups is 2. The normalized spacial score (nSPS) is 28.2. The number of methoxy groups -OCH3 is 1. The number of halogens is 11. The number of aliphatic imine (C=N–C) groups is 2. The summed E-state index contributed by atoms with van der Waals surface area (Å²) in [6.07, 6.45) is 4.98. The van der Waals surface area contributed by atoms with E-state index in [1.807, 2.05) is 39.8 Å². The van der Waals surface area contributed by atoms with Crippen LogP contribution < -0.4 is 21.3 Å². The highest BCUT2D eigenvalue weighted by atomic mass is 127. The molecular formula is C53H51BCl2F8IN7O5S2. The lowest BCUT2D eigenvalue weighted by molar-refractivity contribution is 0.00578. The number of benzene rings is 3. The smallest absolute Gasteiger partial charge is 0.494 e. The first-order valence-corrected chi connectivity index (χ1v) is 27.7. The number of nitrogens with zero attached hydrogens (tertiary/aromatic N) is 5. The first-order chi connectivity index (χ1) is 37.0. The molecule has 0 bridgehead atoms. The molecule has 0 spiro atoms. The Labute approximate surface area is 482 Å². The lowest BCUT2D eigenvalue weighted by Crippen LogP contribution is -2.52. The van der Waals surface area contributed by atoms with Crippen molar-refractivity contribution in [1.29, 1.82) is 0 Å². The molecule has 4 fully saturated rings. The molecule has 5 heterocycles. The third kappa shape index (κ3) is 11.1. The maximum Gasteiger partial charge on any atom is 0.494 e. The first-order valence-electron chi connectivity index (χ1n) is 24.0. The van der Waals surface area contributed by atoms with Gasteiger partial charge in [0.15, 0.2) is 16.2 Å². The number of rotatable bonds is 11. The molecule has 10 rings (SSSR count). The zero-order valence-electron chi connectivity index (χ0n) is 43.1. The molecule has 420 valence electrons. The summed E-state index contributed by atoms with van der Waals surface area (Å²) in [4.78, 5) is 19.9. The number of nitrogens with two attached hydrogens (primary N) is 1. The van der Waals surface area contributed by atoms with E-state index in [-0.39, 0.29) is 50.1 Å². The van der Waals surface area contributed by atoms with Crippen LogP contribution in [0.4, 0.5) is 35.1 Å². The fourth-order valence-corrected chi connectivity index (χ4v) is 13.3. The maximum atomic E-state index is 15.4. The first kappa shape index (κ1) is 60.6. The van der Waals surface area contributed by atoms with Crippen molar-refractivity contribution in [1.82, 2.24) is 20.3 Å². The Morgan fingerprint density at radius 3 is 1.97 bits per heavy atom. The van der Waals surface area contributed by atoms with Crippen molar-refractivity contribution in [3.05, 3.63) is 151 Å². The number of ether oxygens (including phenoxy) is 1. The predicted octanol–water partition coefficient (Wildman–Crippen LogP) is 11.7. The summed E-state index contributed by atoms with van der Waals surface area (Å²) in [7, 11) is 0.784. The van der Waals surface area contributed by atoms with Gasteiger partial charge in [-0.15, -0.1) is 0 Å². The standard InChI is InChI=1S/C27H32BF3N2O4S.C20H16ClF4N3OS.C6H3ClFIN2/c1-23(2)24(3,4)37-28(36-23)17-9-12-20(29)19(13-17)25(5)21-26(15-34,27(21,30)31)38-22(33-25)32-14-16-7-10-18(35-6)11-8-16;1-18(16-19(9-29,20(16,24)25)30-17(26)28-18)12-6-10(2-4-13(12)22)7-14(23)15-5-3-11(21)8-27-15;7-6-3-10-5(2-11-6)4(8)1-9/h7-13,21,34H,14-15H2,1-6H3,(H,32,33);2-8,16,29H,9H2,1H3,(H2,26,28);1-3H/b;14-7-;4-1-/t21-,25+,26+;16-,18+,19+;/m00./s1. The Bertz CT molecular complexity index is 3230. The van der Waals surface area contributed by atoms with Gasteiger partial charge in [-0.2, -0.15) is 0 Å². The van der Waals surface area contributed by atoms with E-state index in [0.29, 0.717) is 28.0 Å². The summed E-state index contributed by atoms with van der Waals surface area (Å²) < 4.78 is 133. The van der Waals surface area contributed by atoms with Gasteiger partial charge in [-0.3, -0.25) is 15.0 Å². The third-order valence-corrected chi connectivity index (χ3v) is 18.6. The topological polar surface area (TPSA) is 170 Å². The minimum absolute atomic E-state index is 0.0147. The van der Waals surface area contributed by atoms with E-state index in [2.05, 4.69) is 30.3 Å². The number of aromatic nitrogens is 3. The third-order valence-electron chi connectivity index (χ3n) is 14.9. The summed E-state index contributed by atoms with van der Waals surface area (Å²) in [6, 6.07) is 18.0. The fraction of sp³-hybridized carbons (Fsp3) is 0.377. The average Bonchev–Trinajstić information content (AvgIpc) is 1.80. The van der Waals surface area contributed by atoms with Gasteiger partial charge in [0.1, 0.15) is 43.6 Å². The number of aliphatic hydroxyl groups is 2. The quantitative estimate of drug-likeness (QED) is 0.0562. The summed E-state index contributed by atoms with van der Waals surface area (Å²) >= 11 is 14.4. The van der Waals surface area contributed by atoms with Crippen LogP contribution in [-0.2, 0) is 26.9 Å². The molecule has 2 aromatic heterocycles. The molecule has 0 unspecified atom stereocenters. The number of amidine groups is 2. The predicted molar refractivity (Wildman–Crippen MR) is 302 cm³/mol. The van der Waals surface area contributed by atoms with Crippen LogP contribution in [0.1, 0.15) is 75.2 Å². The summed E-state index contributed by atoms with van der Waals surface area (Å²) in [5.41, 5.74) is 2.94. The van der Waals surface area contributed by atoms with Gasteiger partial charge in [0.05, 0.1) is 84.1 Å². The van der Waals surface area contributed by atoms with E-state index in [0.717, 1.165) is 29.5 Å². The van der Waals surface area contributed by atoms with Gasteiger partial charge in [-0.1, -0.05) is 77.1 Å². The summed E-state index contributed by atoms with van der Waals surface area (Å²) in [5.74, 6) is -11.2. The Balaban J connectivity index is 0.000000178. The van der Waals surface area contributed by atoms with Crippen LogP contribution in [0, 0.1) is 23.5 Å². The second-order valence-electron chi connectivity index (χ2n) is 20.4. The number of nitrogens with one attached hydrogen (secondary N) is 1. The molecule has 2 saturated carbocycles. The van der Waals surface area contributed by atoms with Gasteiger partial charge in [0, 0.05) is 21.4 Å². The van der Waals surface area contributed by atoms with Gasteiger partial charge >= 0.3 is 7.12 Å². The average molecular weight is 1290 g/mol. The number of hydrogen-bond acceptors (Lipinski definition) is 13. The Morgan fingerprint density at radius 1 is 0.785 bits per heavy atom. The molecule has 12 nitrogen and oxygen atoms in total. The highest BCUT2D eigenvalue weighted by Crippen LogP contribution is 2.75. The molecular weight excluding hydrogens is 1240 g/mol. The molecule has 79 heavy (non-hydrogen) atoms. The molecule has 0 radical (unpaired) electrons. The minimum Gasteiger partial charge on any atom is -0.497 e. The van der Waals surface area contributed by atoms with Crippen molar-refractivity contribution in [2.75, 3.05) is 20.3 Å². The van der Waals surface area contributed by atoms with Gasteiger partial charge in [0.25, 0.3) is 11.8 Å². The minimum atomic E-state index is -3.30. The van der Waals surface area contributed by atoms with Crippen LogP contribution in [0.2, 0.25) is 10.2 Å². The van der Waals surface area contributed by atoms with Crippen LogP contribution in [-0.4, -0.2) is 95.5 Å². The van der Waals surface area contributed by atoms with Crippen molar-refractivity contribution >= 4 is 110 Å². The molecule has 26 heteroatoms. The van der Waals surface area contributed by atoms with Crippen molar-refractivity contribution < 1.29 is 59.4 Å². The van der Waals surface area contributed by atoms with Crippen LogP contribution in [0.15, 0.2) is 105 Å². The van der Waals surface area contributed by atoms with E-state index in [1.165, 1.54) is 72.9 Å². The van der Waals surface area contributed by atoms with Crippen LogP contribution in [0.25, 0.3) is 17.7 Å². The SMILES string of the molecule is COc1ccc(CN=C2N[C@](C)(c3cc(B4OC(C)(C)C(C)(C)O4)ccc3F)[C@@H]3C(F)(F)[C@]3(CO)S2)cc1.C[C@]1(c2cc(/C=C(\F)c3ccc(Cl)cn3)ccc2F)N=C(N)S[C@]2(CO)[C@H]1C2(F)F.F/C(=C\I)c1cnc(Cl)cn1. The molecule has 3 aliphatic heterocycles. The zero-order valence-corrected chi connectivity index (χ0v) is 48.4. The second-order valence-corrected chi connectivity index (χ2v) is 24.5. The van der Waals surface area contributed by atoms with Gasteiger partial charge in [-0.05, 0) is 129 Å². The van der Waals surface area contributed by atoms with Gasteiger partial charge in [-0.25, -0.2) is 45.1 Å². The van der Waals surface area contributed by atoms with Gasteiger partial charge in [0.2, 0.25) is 0 Å². The molecule has 3 aromatic carbocycles. The van der Waals surface area contributed by atoms with Crippen molar-refractivity contribution in [2.24, 2.45) is 27.6 Å². The van der Waals surface area contributed by atoms with Crippen molar-refractivity contribution in [3.8, 4) is 5.75 Å². The summed E-state index contributed by atoms with van der Waals surface area (Å²) in [6.45, 7) is 9.12. The Kier molecular flexibility index (Phi) is 17.1. The highest BCUT2D eigenvalue weighted by molar-refractivity contribution is 14.1. The second kappa shape index (κ2) is 22.3. The monoisotopic (exact) mass is 1290 g/mol. The number of alkyl halides is 4. The van der Waals surface area contributed by atoms with Crippen LogP contribution in [0.5, 0.6) is 5.75 Å². The molecule has 2 aliphatic carbocycles. The number of hydrogen-bond donors (Lipinski definition) is 4. The highest BCUT2D eigenvalue weighted by Gasteiger charge is 2.89. The van der Waals surface area contributed by atoms with E-state index < -0.39 is 99.1 Å². The van der Waals surface area contributed by atoms with E-state index >= 15 is 13.2 Å². The Morgan fingerprint density at radius 2 is 1.39 bits per heavy atom. The molecule has 5 N–H and O–H groups in total. The molecule has 2 saturated heterocycles. The van der Waals surface area contributed by atoms with E-state index in [1.54, 1.807) is 47.9 Å². The number of fused-ring (bicyclic) bond motifs is 2. The lowest BCUT2D eigenvalue weighted by Gasteiger charge is -2.38. The van der Waals surface area contributed by atoms with E-state index in [4.69, 9.17) is 43.0 Å². The van der Waals surface area contributed by atoms with Crippen molar-refractivity contribution in [3.63, 3.8) is 0 Å². The molecule has 0 amide bonds. The maximum absolute atomic E-state index is 15.4.